The molecule has 0 spiro atoms. The highest BCUT2D eigenvalue weighted by atomic mass is 32.7. The molecule has 0 aromatic heterocycles. The van der Waals surface area contributed by atoms with Gasteiger partial charge in [-0.2, -0.15) is 0 Å². The van der Waals surface area contributed by atoms with Crippen molar-refractivity contribution in [1.29, 1.82) is 0 Å². The molecule has 2 aromatic rings. The van der Waals surface area contributed by atoms with Gasteiger partial charge in [0.25, 0.3) is 0 Å². The molecule has 2 N–H and O–H groups in total. The average Bonchev–Trinajstić information content (AvgIpc) is 2.80. The van der Waals surface area contributed by atoms with Crippen LogP contribution in [0, 0.1) is 0 Å². The Bertz CT molecular complexity index is 756. The van der Waals surface area contributed by atoms with Crippen LogP contribution in [0.25, 0.3) is 0 Å². The second-order valence-corrected chi connectivity index (χ2v) is 11.6. The minimum Gasteiger partial charge on any atom is -0.546 e. The van der Waals surface area contributed by atoms with Gasteiger partial charge in [-0.15, -0.1) is 0 Å². The van der Waals surface area contributed by atoms with E-state index < -0.39 is 18.7 Å². The van der Waals surface area contributed by atoms with Crippen LogP contribution in [-0.4, -0.2) is 16.9 Å². The van der Waals surface area contributed by atoms with Crippen LogP contribution in [0.1, 0.15) is 37.2 Å². The Morgan fingerprint density at radius 2 is 1.04 bits per heavy atom. The fourth-order valence-corrected chi connectivity index (χ4v) is 8.14. The van der Waals surface area contributed by atoms with E-state index in [2.05, 4.69) is 0 Å². The Morgan fingerprint density at radius 1 is 0.720 bits per heavy atom. The predicted molar refractivity (Wildman–Crippen MR) is 108 cm³/mol. The molecule has 0 saturated carbocycles. The fourth-order valence-electron chi connectivity index (χ4n) is 3.62. The molecule has 0 fully saturated rings. The van der Waals surface area contributed by atoms with Gasteiger partial charge in [0.1, 0.15) is 12.2 Å². The Balaban J connectivity index is 2.03. The highest BCUT2D eigenvalue weighted by Crippen LogP contribution is 2.77. The van der Waals surface area contributed by atoms with Crippen LogP contribution < -0.4 is 0 Å². The van der Waals surface area contributed by atoms with Crippen LogP contribution in [-0.2, 0) is 12.2 Å². The van der Waals surface area contributed by atoms with Crippen molar-refractivity contribution in [2.45, 2.75) is 26.1 Å². The number of allylic oxidation sites excluding steroid dienone is 2. The third-order valence-corrected chi connectivity index (χ3v) is 9.18. The third-order valence-electron chi connectivity index (χ3n) is 5.00. The summed E-state index contributed by atoms with van der Waals surface area (Å²) in [6.07, 6.45) is -1.46. The molecule has 0 bridgehead atoms. The van der Waals surface area contributed by atoms with Crippen molar-refractivity contribution in [1.82, 2.24) is 0 Å². The maximum absolute atomic E-state index is 11.0. The quantitative estimate of drug-likeness (QED) is 0.579. The van der Waals surface area contributed by atoms with Crippen molar-refractivity contribution in [3.05, 3.63) is 93.6 Å². The van der Waals surface area contributed by atoms with Gasteiger partial charge in [0, 0.05) is 6.66 Å². The van der Waals surface area contributed by atoms with Crippen molar-refractivity contribution in [3.8, 4) is 0 Å². The molecule has 2 aromatic carbocycles. The van der Waals surface area contributed by atoms with Gasteiger partial charge in [-0.05, 0) is 42.6 Å². The van der Waals surface area contributed by atoms with E-state index in [1.165, 1.54) is 0 Å². The summed E-state index contributed by atoms with van der Waals surface area (Å²) in [5, 5.41) is 23.8. The van der Waals surface area contributed by atoms with Crippen LogP contribution in [0.15, 0.2) is 82.4 Å². The average molecular weight is 370 g/mol. The van der Waals surface area contributed by atoms with Gasteiger partial charge in [0.2, 0.25) is 0 Å². The van der Waals surface area contributed by atoms with E-state index in [-0.39, 0.29) is 0 Å². The number of hydrogen-bond acceptors (Lipinski definition) is 3. The lowest BCUT2D eigenvalue weighted by Gasteiger charge is -2.34. The lowest BCUT2D eigenvalue weighted by molar-refractivity contribution is 0.221. The van der Waals surface area contributed by atoms with Gasteiger partial charge < -0.3 is 22.5 Å². The second kappa shape index (κ2) is 7.09. The molecule has 130 valence electrons. The number of hydrogen-bond donors (Lipinski definition) is 2. The zero-order valence-electron chi connectivity index (χ0n) is 14.7. The largest absolute Gasteiger partial charge is 0.546 e. The lowest BCUT2D eigenvalue weighted by atomic mass is 10.0. The van der Waals surface area contributed by atoms with Crippen molar-refractivity contribution >= 4 is 18.7 Å². The molecule has 1 heterocycles. The predicted octanol–water partition coefficient (Wildman–Crippen LogP) is 5.12. The molecule has 1 aliphatic heterocycles. The smallest absolute Gasteiger partial charge is 0.135 e. The Morgan fingerprint density at radius 3 is 1.36 bits per heavy atom. The van der Waals surface area contributed by atoms with Gasteiger partial charge in [0.05, 0.1) is 10.6 Å². The Kier molecular flexibility index (Phi) is 5.22. The number of rotatable bonds is 4. The topological polar surface area (TPSA) is 40.5 Å². The first kappa shape index (κ1) is 18.4. The molecule has 1 aliphatic rings. The third kappa shape index (κ3) is 3.22. The molecule has 0 radical (unpaired) electrons. The molecular formula is C21H23O2PS. The molecule has 4 heteroatoms. The number of aliphatic hydroxyl groups excluding tert-OH is 2. The van der Waals surface area contributed by atoms with Gasteiger partial charge in [-0.3, -0.25) is 0 Å². The summed E-state index contributed by atoms with van der Waals surface area (Å²) < 4.78 is 0. The van der Waals surface area contributed by atoms with Crippen molar-refractivity contribution in [3.63, 3.8) is 0 Å². The normalized spacial score (nSPS) is 23.1. The molecule has 25 heavy (non-hydrogen) atoms. The van der Waals surface area contributed by atoms with Gasteiger partial charge in [-0.25, -0.2) is 0 Å². The number of benzene rings is 2. The van der Waals surface area contributed by atoms with E-state index in [1.807, 2.05) is 81.2 Å². The molecule has 0 amide bonds. The minimum absolute atomic E-state index is 0.729. The van der Waals surface area contributed by atoms with Crippen molar-refractivity contribution in [2.24, 2.45) is 0 Å². The van der Waals surface area contributed by atoms with E-state index in [9.17, 15) is 10.2 Å². The maximum Gasteiger partial charge on any atom is 0.135 e. The molecule has 3 rings (SSSR count). The van der Waals surface area contributed by atoms with Gasteiger partial charge in [0.15, 0.2) is 0 Å². The summed E-state index contributed by atoms with van der Waals surface area (Å²) in [7, 11) is 0. The summed E-state index contributed by atoms with van der Waals surface area (Å²) >= 11 is 6.03. The molecule has 1 unspecified atom stereocenters. The van der Waals surface area contributed by atoms with Crippen molar-refractivity contribution in [2.75, 3.05) is 6.66 Å². The standard InChI is InChI=1S/C21H23O2PS/c1-14-15(2)21(19(23)17-12-8-5-9-13-17)24(3,25)20(14)18(22)16-10-6-4-7-11-16/h4-13,18-19,22-23H,1-3H3/t18-,19+,24?. The van der Waals surface area contributed by atoms with Crippen LogP contribution in [0.5, 0.6) is 0 Å². The van der Waals surface area contributed by atoms with Crippen molar-refractivity contribution < 1.29 is 10.2 Å². The van der Waals surface area contributed by atoms with E-state index in [0.29, 0.717) is 0 Å². The summed E-state index contributed by atoms with van der Waals surface area (Å²) in [6, 6.07) is 19.2. The molecule has 0 aliphatic carbocycles. The fraction of sp³-hybridized carbons (Fsp3) is 0.238. The SMILES string of the molecule is CC1=C([C@@H](O)c2ccccc2)[P+](C)([S-])C([C@H](O)c2ccccc2)=C1C. The second-order valence-electron chi connectivity index (χ2n) is 6.57. The van der Waals surface area contributed by atoms with E-state index in [4.69, 9.17) is 12.2 Å². The van der Waals surface area contributed by atoms with Crippen LogP contribution in [0.2, 0.25) is 0 Å². The van der Waals surface area contributed by atoms with Gasteiger partial charge >= 0.3 is 0 Å². The highest BCUT2D eigenvalue weighted by Gasteiger charge is 2.45. The zero-order chi connectivity index (χ0) is 18.2. The first-order valence-electron chi connectivity index (χ1n) is 8.32. The van der Waals surface area contributed by atoms with Gasteiger partial charge in [-0.1, -0.05) is 60.7 Å². The molecular weight excluding hydrogens is 347 g/mol. The van der Waals surface area contributed by atoms with Crippen LogP contribution in [0.3, 0.4) is 0 Å². The monoisotopic (exact) mass is 370 g/mol. The van der Waals surface area contributed by atoms with Crippen LogP contribution in [0.4, 0.5) is 0 Å². The molecule has 3 atom stereocenters. The first-order chi connectivity index (χ1) is 11.9. The van der Waals surface area contributed by atoms with E-state index >= 15 is 0 Å². The highest BCUT2D eigenvalue weighted by molar-refractivity contribution is 8.45. The zero-order valence-corrected chi connectivity index (χ0v) is 16.4. The molecule has 2 nitrogen and oxygen atoms in total. The minimum atomic E-state index is -2.23. The van der Waals surface area contributed by atoms with E-state index in [1.54, 1.807) is 0 Å². The number of aliphatic hydroxyl groups is 2. The summed E-state index contributed by atoms with van der Waals surface area (Å²) in [6.45, 7) is 3.80. The lowest BCUT2D eigenvalue weighted by Crippen LogP contribution is -2.08. The molecule has 0 saturated heterocycles. The van der Waals surface area contributed by atoms with E-state index in [0.717, 1.165) is 32.9 Å². The first-order valence-corrected chi connectivity index (χ1v) is 11.6. The maximum atomic E-state index is 11.0. The summed E-state index contributed by atoms with van der Waals surface area (Å²) in [5.41, 5.74) is 3.73. The summed E-state index contributed by atoms with van der Waals surface area (Å²) in [4.78, 5) is 0. The Labute approximate surface area is 155 Å². The Hall–Kier alpha value is -1.38. The van der Waals surface area contributed by atoms with Crippen LogP contribution >= 0.6 is 6.46 Å². The summed E-state index contributed by atoms with van der Waals surface area (Å²) in [5.74, 6) is 0.